The van der Waals surface area contributed by atoms with Crippen LogP contribution >= 0.6 is 11.8 Å². The molecule has 130 valence electrons. The molecule has 25 heavy (non-hydrogen) atoms. The number of rotatable bonds is 5. The van der Waals surface area contributed by atoms with E-state index in [-0.39, 0.29) is 17.0 Å². The summed E-state index contributed by atoms with van der Waals surface area (Å²) < 4.78 is 5.68. The second-order valence-corrected chi connectivity index (χ2v) is 7.43. The third-order valence-electron chi connectivity index (χ3n) is 3.58. The third-order valence-corrected chi connectivity index (χ3v) is 4.75. The van der Waals surface area contributed by atoms with Gasteiger partial charge in [-0.15, -0.1) is 0 Å². The molecule has 0 aliphatic carbocycles. The third kappa shape index (κ3) is 3.30. The monoisotopic (exact) mass is 358 g/mol. The van der Waals surface area contributed by atoms with Gasteiger partial charge in [0.15, 0.2) is 5.52 Å². The Morgan fingerprint density at radius 2 is 2.00 bits per heavy atom. The Morgan fingerprint density at radius 3 is 2.68 bits per heavy atom. The van der Waals surface area contributed by atoms with Crippen molar-refractivity contribution < 1.29 is 9.53 Å². The number of carbonyl (C=O) groups excluding carboxylic acids is 1. The van der Waals surface area contributed by atoms with Gasteiger partial charge in [-0.1, -0.05) is 30.0 Å². The summed E-state index contributed by atoms with van der Waals surface area (Å²) in [6.45, 7) is 5.59. The summed E-state index contributed by atoms with van der Waals surface area (Å²) in [6, 6.07) is 9.20. The van der Waals surface area contributed by atoms with Crippen molar-refractivity contribution in [2.24, 2.45) is 0 Å². The number of hydrogen-bond acceptors (Lipinski definition) is 6. The number of benzene rings is 1. The lowest BCUT2D eigenvalue weighted by Gasteiger charge is -2.20. The molecular weight excluding hydrogens is 340 g/mol. The number of nitrogens with one attached hydrogen (secondary N) is 1. The van der Waals surface area contributed by atoms with Crippen molar-refractivity contribution in [1.82, 2.24) is 19.7 Å². The zero-order chi connectivity index (χ0) is 18.0. The van der Waals surface area contributed by atoms with Gasteiger partial charge in [0.25, 0.3) is 5.56 Å². The van der Waals surface area contributed by atoms with Gasteiger partial charge in [-0.2, -0.15) is 0 Å². The highest BCUT2D eigenvalue weighted by molar-refractivity contribution is 8.01. The first-order valence-electron chi connectivity index (χ1n) is 7.81. The number of ether oxygens (including phenoxy) is 1. The lowest BCUT2D eigenvalue weighted by molar-refractivity contribution is -0.145. The summed E-state index contributed by atoms with van der Waals surface area (Å²) in [5.41, 5.74) is 1.21. The molecule has 2 aromatic heterocycles. The number of para-hydroxylation sites is 1. The lowest BCUT2D eigenvalue weighted by atomic mass is 10.2. The molecule has 0 spiro atoms. The standard InChI is InChI=1S/C17H18N4O3S/c1-4-24-16(23)17(2,3)25-14-12-13(18-10-19-14)15(22)21(20-12)11-8-6-5-7-9-11/h5-10,20H,4H2,1-3H3. The van der Waals surface area contributed by atoms with Gasteiger partial charge >= 0.3 is 5.97 Å². The SMILES string of the molecule is CCOC(=O)C(C)(C)Sc1ncnc2c(=O)n(-c3ccccc3)[nH]c12. The Morgan fingerprint density at radius 1 is 1.28 bits per heavy atom. The average molecular weight is 358 g/mol. The number of H-pyrrole nitrogens is 1. The van der Waals surface area contributed by atoms with E-state index in [1.165, 1.54) is 22.8 Å². The molecule has 0 radical (unpaired) electrons. The predicted octanol–water partition coefficient (Wildman–Crippen LogP) is 2.54. The van der Waals surface area contributed by atoms with Crippen molar-refractivity contribution in [2.75, 3.05) is 6.61 Å². The molecule has 3 rings (SSSR count). The van der Waals surface area contributed by atoms with Crippen molar-refractivity contribution in [2.45, 2.75) is 30.5 Å². The number of fused-ring (bicyclic) bond motifs is 1. The molecule has 0 bridgehead atoms. The van der Waals surface area contributed by atoms with Gasteiger partial charge in [0, 0.05) is 0 Å². The molecule has 3 aromatic rings. The van der Waals surface area contributed by atoms with Crippen LogP contribution in [0.1, 0.15) is 20.8 Å². The first-order valence-corrected chi connectivity index (χ1v) is 8.63. The molecule has 0 aliphatic heterocycles. The number of carbonyl (C=O) groups is 1. The highest BCUT2D eigenvalue weighted by Crippen LogP contribution is 2.34. The maximum Gasteiger partial charge on any atom is 0.322 e. The van der Waals surface area contributed by atoms with Crippen LogP contribution in [0.15, 0.2) is 46.5 Å². The second kappa shape index (κ2) is 6.72. The van der Waals surface area contributed by atoms with Gasteiger partial charge < -0.3 is 4.74 Å². The Balaban J connectivity index is 2.06. The van der Waals surface area contributed by atoms with Gasteiger partial charge in [0.2, 0.25) is 0 Å². The Kier molecular flexibility index (Phi) is 4.63. The van der Waals surface area contributed by atoms with Gasteiger partial charge in [0.1, 0.15) is 21.6 Å². The molecule has 0 aliphatic rings. The first-order chi connectivity index (χ1) is 11.9. The average Bonchev–Trinajstić information content (AvgIpc) is 2.94. The van der Waals surface area contributed by atoms with E-state index < -0.39 is 4.75 Å². The fourth-order valence-corrected chi connectivity index (χ4v) is 3.30. The molecule has 2 heterocycles. The summed E-state index contributed by atoms with van der Waals surface area (Å²) in [4.78, 5) is 33.1. The molecule has 0 fully saturated rings. The van der Waals surface area contributed by atoms with Gasteiger partial charge in [-0.3, -0.25) is 14.7 Å². The molecule has 0 atom stereocenters. The van der Waals surface area contributed by atoms with E-state index in [2.05, 4.69) is 15.1 Å². The molecule has 1 aromatic carbocycles. The zero-order valence-electron chi connectivity index (χ0n) is 14.1. The molecule has 0 saturated carbocycles. The van der Waals surface area contributed by atoms with Gasteiger partial charge in [-0.05, 0) is 32.9 Å². The maximum absolute atomic E-state index is 12.6. The Bertz CT molecular complexity index is 963. The number of hydrogen-bond donors (Lipinski definition) is 1. The van der Waals surface area contributed by atoms with Crippen molar-refractivity contribution in [3.63, 3.8) is 0 Å². The fourth-order valence-electron chi connectivity index (χ4n) is 2.33. The highest BCUT2D eigenvalue weighted by atomic mass is 32.2. The van der Waals surface area contributed by atoms with Crippen LogP contribution in [-0.4, -0.2) is 37.1 Å². The highest BCUT2D eigenvalue weighted by Gasteiger charge is 2.32. The van der Waals surface area contributed by atoms with E-state index in [1.807, 2.05) is 30.3 Å². The summed E-state index contributed by atoms with van der Waals surface area (Å²) in [5, 5.41) is 3.57. The minimum absolute atomic E-state index is 0.264. The van der Waals surface area contributed by atoms with Crippen LogP contribution in [0.25, 0.3) is 16.7 Å². The summed E-state index contributed by atoms with van der Waals surface area (Å²) in [5.74, 6) is -0.336. The lowest BCUT2D eigenvalue weighted by Crippen LogP contribution is -2.30. The molecule has 1 N–H and O–H groups in total. The van der Waals surface area contributed by atoms with Crippen molar-refractivity contribution >= 4 is 28.8 Å². The van der Waals surface area contributed by atoms with Crippen LogP contribution in [0.5, 0.6) is 0 Å². The fraction of sp³-hybridized carbons (Fsp3) is 0.294. The van der Waals surface area contributed by atoms with Gasteiger partial charge in [-0.25, -0.2) is 14.6 Å². The normalized spacial score (nSPS) is 11.6. The van der Waals surface area contributed by atoms with Crippen molar-refractivity contribution in [1.29, 1.82) is 0 Å². The quantitative estimate of drug-likeness (QED) is 0.428. The van der Waals surface area contributed by atoms with Crippen molar-refractivity contribution in [3.8, 4) is 5.69 Å². The minimum Gasteiger partial charge on any atom is -0.465 e. The molecule has 0 saturated heterocycles. The second-order valence-electron chi connectivity index (χ2n) is 5.82. The zero-order valence-corrected chi connectivity index (χ0v) is 15.0. The van der Waals surface area contributed by atoms with E-state index in [4.69, 9.17) is 4.74 Å². The smallest absolute Gasteiger partial charge is 0.322 e. The van der Waals surface area contributed by atoms with Crippen LogP contribution < -0.4 is 5.56 Å². The van der Waals surface area contributed by atoms with Crippen LogP contribution in [0, 0.1) is 0 Å². The molecule has 7 nitrogen and oxygen atoms in total. The Labute approximate surface area is 148 Å². The maximum atomic E-state index is 12.6. The van der Waals surface area contributed by atoms with Crippen LogP contribution in [0.4, 0.5) is 0 Å². The van der Waals surface area contributed by atoms with E-state index in [1.54, 1.807) is 20.8 Å². The number of nitrogens with zero attached hydrogens (tertiary/aromatic N) is 3. The summed E-state index contributed by atoms with van der Waals surface area (Å²) in [7, 11) is 0. The molecule has 8 heteroatoms. The largest absolute Gasteiger partial charge is 0.465 e. The van der Waals surface area contributed by atoms with Crippen LogP contribution in [-0.2, 0) is 9.53 Å². The van der Waals surface area contributed by atoms with Crippen molar-refractivity contribution in [3.05, 3.63) is 47.0 Å². The van der Waals surface area contributed by atoms with Gasteiger partial charge in [0.05, 0.1) is 12.3 Å². The number of aromatic amines is 1. The van der Waals surface area contributed by atoms with E-state index >= 15 is 0 Å². The molecular formula is C17H18N4O3S. The van der Waals surface area contributed by atoms with E-state index in [0.717, 1.165) is 0 Å². The summed E-state index contributed by atoms with van der Waals surface area (Å²) in [6.07, 6.45) is 1.33. The number of thioether (sulfide) groups is 1. The summed E-state index contributed by atoms with van der Waals surface area (Å²) >= 11 is 1.23. The number of esters is 1. The van der Waals surface area contributed by atoms with E-state index in [9.17, 15) is 9.59 Å². The topological polar surface area (TPSA) is 89.9 Å². The predicted molar refractivity (Wildman–Crippen MR) is 96.1 cm³/mol. The minimum atomic E-state index is -0.844. The van der Waals surface area contributed by atoms with Crippen LogP contribution in [0.3, 0.4) is 0 Å². The van der Waals surface area contributed by atoms with Crippen LogP contribution in [0.2, 0.25) is 0 Å². The molecule has 0 amide bonds. The number of aromatic nitrogens is 4. The molecule has 0 unspecified atom stereocenters. The Hall–Kier alpha value is -2.61. The first kappa shape index (κ1) is 17.2. The van der Waals surface area contributed by atoms with E-state index in [0.29, 0.717) is 22.8 Å².